The molecule has 1 N–H and O–H groups in total. The lowest BCUT2D eigenvalue weighted by atomic mass is 10.2. The van der Waals surface area contributed by atoms with Gasteiger partial charge in [0.15, 0.2) is 15.0 Å². The molecule has 1 amide bonds. The predicted octanol–water partition coefficient (Wildman–Crippen LogP) is 3.80. The van der Waals surface area contributed by atoms with Gasteiger partial charge in [-0.3, -0.25) is 4.79 Å². The maximum Gasteiger partial charge on any atom is 0.226 e. The van der Waals surface area contributed by atoms with Gasteiger partial charge < -0.3 is 5.32 Å². The van der Waals surface area contributed by atoms with Gasteiger partial charge in [0, 0.05) is 6.42 Å². The van der Waals surface area contributed by atoms with Crippen molar-refractivity contribution < 1.29 is 13.2 Å². The van der Waals surface area contributed by atoms with E-state index in [0.29, 0.717) is 5.13 Å². The van der Waals surface area contributed by atoms with Crippen molar-refractivity contribution in [3.63, 3.8) is 0 Å². The molecule has 0 unspecified atom stereocenters. The van der Waals surface area contributed by atoms with Crippen molar-refractivity contribution in [2.75, 3.05) is 11.1 Å². The van der Waals surface area contributed by atoms with Gasteiger partial charge in [0.2, 0.25) is 5.91 Å². The standard InChI is InChI=1S/C18H18N2O3S2/c1-13-9-10-15-16(12-13)24-18(19-15)20-17(21)8-5-11-25(22,23)14-6-3-2-4-7-14/h2-4,6-7,9-10,12H,5,8,11H2,1H3,(H,19,20,21). The van der Waals surface area contributed by atoms with Crippen LogP contribution in [0.3, 0.4) is 0 Å². The molecule has 3 aromatic rings. The summed E-state index contributed by atoms with van der Waals surface area (Å²) in [6.45, 7) is 2.00. The number of fused-ring (bicyclic) bond motifs is 1. The summed E-state index contributed by atoms with van der Waals surface area (Å²) in [6.07, 6.45) is 0.411. The van der Waals surface area contributed by atoms with Crippen LogP contribution in [0.4, 0.5) is 5.13 Å². The summed E-state index contributed by atoms with van der Waals surface area (Å²) >= 11 is 1.41. The minimum absolute atomic E-state index is 0.0521. The van der Waals surface area contributed by atoms with E-state index in [1.807, 2.05) is 25.1 Å². The maximum absolute atomic E-state index is 12.2. The molecule has 0 radical (unpaired) electrons. The van der Waals surface area contributed by atoms with Gasteiger partial charge in [-0.05, 0) is 43.2 Å². The normalized spacial score (nSPS) is 11.6. The molecule has 0 bridgehead atoms. The van der Waals surface area contributed by atoms with Crippen LogP contribution < -0.4 is 5.32 Å². The number of aryl methyl sites for hydroxylation is 1. The largest absolute Gasteiger partial charge is 0.302 e. The van der Waals surface area contributed by atoms with E-state index < -0.39 is 9.84 Å². The monoisotopic (exact) mass is 374 g/mol. The van der Waals surface area contributed by atoms with Crippen LogP contribution in [0, 0.1) is 6.92 Å². The van der Waals surface area contributed by atoms with Crippen LogP contribution in [0.1, 0.15) is 18.4 Å². The number of carbonyl (C=O) groups is 1. The maximum atomic E-state index is 12.2. The van der Waals surface area contributed by atoms with E-state index in [-0.39, 0.29) is 29.4 Å². The third-order valence-corrected chi connectivity index (χ3v) is 6.46. The Hall–Kier alpha value is -2.25. The second-order valence-corrected chi connectivity index (χ2v) is 8.91. The number of nitrogens with zero attached hydrogens (tertiary/aromatic N) is 1. The zero-order valence-corrected chi connectivity index (χ0v) is 15.4. The topological polar surface area (TPSA) is 76.1 Å². The predicted molar refractivity (Wildman–Crippen MR) is 101 cm³/mol. The first-order valence-corrected chi connectivity index (χ1v) is 10.4. The van der Waals surface area contributed by atoms with E-state index >= 15 is 0 Å². The Morgan fingerprint density at radius 1 is 1.16 bits per heavy atom. The Kier molecular flexibility index (Phi) is 5.15. The summed E-state index contributed by atoms with van der Waals surface area (Å²) in [5.74, 6) is -0.275. The number of hydrogen-bond acceptors (Lipinski definition) is 5. The molecule has 3 rings (SSSR count). The van der Waals surface area contributed by atoms with Crippen molar-refractivity contribution in [3.05, 3.63) is 54.1 Å². The van der Waals surface area contributed by atoms with Crippen LogP contribution in [0.15, 0.2) is 53.4 Å². The van der Waals surface area contributed by atoms with Gasteiger partial charge in [0.25, 0.3) is 0 Å². The fourth-order valence-electron chi connectivity index (χ4n) is 2.44. The number of amides is 1. The Labute approximate surface area is 150 Å². The highest BCUT2D eigenvalue weighted by Gasteiger charge is 2.15. The van der Waals surface area contributed by atoms with Crippen molar-refractivity contribution in [1.82, 2.24) is 4.98 Å². The fourth-order valence-corrected chi connectivity index (χ4v) is 4.75. The van der Waals surface area contributed by atoms with Crippen molar-refractivity contribution in [2.24, 2.45) is 0 Å². The molecule has 130 valence electrons. The van der Waals surface area contributed by atoms with E-state index in [9.17, 15) is 13.2 Å². The molecular formula is C18H18N2O3S2. The van der Waals surface area contributed by atoms with Crippen LogP contribution >= 0.6 is 11.3 Å². The lowest BCUT2D eigenvalue weighted by Crippen LogP contribution is -2.14. The number of benzene rings is 2. The molecule has 0 aliphatic heterocycles. The Balaban J connectivity index is 1.55. The lowest BCUT2D eigenvalue weighted by Gasteiger charge is -2.04. The van der Waals surface area contributed by atoms with Crippen LogP contribution in [-0.4, -0.2) is 25.1 Å². The molecule has 25 heavy (non-hydrogen) atoms. The van der Waals surface area contributed by atoms with E-state index in [4.69, 9.17) is 0 Å². The molecule has 5 nitrogen and oxygen atoms in total. The average molecular weight is 374 g/mol. The van der Waals surface area contributed by atoms with Gasteiger partial charge >= 0.3 is 0 Å². The number of nitrogens with one attached hydrogen (secondary N) is 1. The Morgan fingerprint density at radius 2 is 1.92 bits per heavy atom. The van der Waals surface area contributed by atoms with Gasteiger partial charge in [-0.15, -0.1) is 0 Å². The first-order valence-electron chi connectivity index (χ1n) is 7.89. The first kappa shape index (κ1) is 17.6. The van der Waals surface area contributed by atoms with E-state index in [2.05, 4.69) is 10.3 Å². The zero-order chi connectivity index (χ0) is 17.9. The van der Waals surface area contributed by atoms with Crippen molar-refractivity contribution in [2.45, 2.75) is 24.7 Å². The Morgan fingerprint density at radius 3 is 2.68 bits per heavy atom. The van der Waals surface area contributed by atoms with Crippen LogP contribution in [0.25, 0.3) is 10.2 Å². The molecule has 2 aromatic carbocycles. The van der Waals surface area contributed by atoms with E-state index in [1.165, 1.54) is 11.3 Å². The highest BCUT2D eigenvalue weighted by atomic mass is 32.2. The third-order valence-electron chi connectivity index (χ3n) is 3.71. The van der Waals surface area contributed by atoms with Gasteiger partial charge in [-0.25, -0.2) is 13.4 Å². The molecule has 1 aromatic heterocycles. The van der Waals surface area contributed by atoms with E-state index in [0.717, 1.165) is 15.8 Å². The van der Waals surface area contributed by atoms with Crippen LogP contribution in [0.5, 0.6) is 0 Å². The Bertz CT molecular complexity index is 996. The summed E-state index contributed by atoms with van der Waals surface area (Å²) in [5, 5.41) is 3.29. The molecule has 0 spiro atoms. The molecule has 0 aliphatic rings. The fraction of sp³-hybridized carbons (Fsp3) is 0.222. The average Bonchev–Trinajstić information content (AvgIpc) is 2.96. The highest BCUT2D eigenvalue weighted by molar-refractivity contribution is 7.91. The molecule has 0 saturated heterocycles. The second kappa shape index (κ2) is 7.33. The number of anilines is 1. The van der Waals surface area contributed by atoms with Crippen molar-refractivity contribution >= 4 is 42.4 Å². The highest BCUT2D eigenvalue weighted by Crippen LogP contribution is 2.26. The van der Waals surface area contributed by atoms with Crippen LogP contribution in [-0.2, 0) is 14.6 Å². The van der Waals surface area contributed by atoms with Crippen molar-refractivity contribution in [3.8, 4) is 0 Å². The number of carbonyl (C=O) groups excluding carboxylic acids is 1. The lowest BCUT2D eigenvalue weighted by molar-refractivity contribution is -0.116. The van der Waals surface area contributed by atoms with Gasteiger partial charge in [0.05, 0.1) is 20.9 Å². The molecule has 7 heteroatoms. The summed E-state index contributed by atoms with van der Waals surface area (Å²) in [4.78, 5) is 16.7. The minimum atomic E-state index is -3.35. The second-order valence-electron chi connectivity index (χ2n) is 5.77. The quantitative estimate of drug-likeness (QED) is 0.712. The molecule has 0 aliphatic carbocycles. The number of aromatic nitrogens is 1. The summed E-state index contributed by atoms with van der Waals surface area (Å²) in [6, 6.07) is 14.2. The number of rotatable bonds is 6. The smallest absolute Gasteiger partial charge is 0.226 e. The van der Waals surface area contributed by atoms with Crippen molar-refractivity contribution in [1.29, 1.82) is 0 Å². The van der Waals surface area contributed by atoms with Crippen LogP contribution in [0.2, 0.25) is 0 Å². The molecular weight excluding hydrogens is 356 g/mol. The molecule has 0 fully saturated rings. The zero-order valence-electron chi connectivity index (χ0n) is 13.7. The molecule has 1 heterocycles. The number of sulfone groups is 1. The minimum Gasteiger partial charge on any atom is -0.302 e. The summed E-state index contributed by atoms with van der Waals surface area (Å²) in [5.41, 5.74) is 1.98. The summed E-state index contributed by atoms with van der Waals surface area (Å²) < 4.78 is 25.4. The molecule has 0 saturated carbocycles. The van der Waals surface area contributed by atoms with E-state index in [1.54, 1.807) is 30.3 Å². The SMILES string of the molecule is Cc1ccc2nc(NC(=O)CCCS(=O)(=O)c3ccccc3)sc2c1. The molecule has 0 atom stereocenters. The third kappa shape index (κ3) is 4.43. The first-order chi connectivity index (χ1) is 11.9. The van der Waals surface area contributed by atoms with Gasteiger partial charge in [0.1, 0.15) is 0 Å². The summed E-state index contributed by atoms with van der Waals surface area (Å²) in [7, 11) is -3.35. The van der Waals surface area contributed by atoms with Gasteiger partial charge in [-0.2, -0.15) is 0 Å². The van der Waals surface area contributed by atoms with Gasteiger partial charge in [-0.1, -0.05) is 35.6 Å². The number of hydrogen-bond donors (Lipinski definition) is 1. The number of thiazole rings is 1.